The predicted octanol–water partition coefficient (Wildman–Crippen LogP) is 5.53. The minimum Gasteiger partial charge on any atom is -0.481 e. The third-order valence-corrected chi connectivity index (χ3v) is 12.4. The lowest BCUT2D eigenvalue weighted by Gasteiger charge is -2.33. The van der Waals surface area contributed by atoms with E-state index in [0.29, 0.717) is 65.0 Å². The van der Waals surface area contributed by atoms with Crippen molar-refractivity contribution in [3.05, 3.63) is 69.5 Å². The van der Waals surface area contributed by atoms with E-state index in [1.165, 1.54) is 23.6 Å². The fourth-order valence-electron chi connectivity index (χ4n) is 7.69. The van der Waals surface area contributed by atoms with Gasteiger partial charge in [0.15, 0.2) is 0 Å². The molecule has 1 saturated heterocycles. The number of carboxylic acids is 1. The van der Waals surface area contributed by atoms with E-state index in [9.17, 15) is 18.3 Å². The Bertz CT molecular complexity index is 2000. The first kappa shape index (κ1) is 38.5. The van der Waals surface area contributed by atoms with Gasteiger partial charge in [0.2, 0.25) is 21.8 Å². The highest BCUT2D eigenvalue weighted by Crippen LogP contribution is 2.46. The van der Waals surface area contributed by atoms with Crippen molar-refractivity contribution in [2.45, 2.75) is 76.8 Å². The number of hydrogen-bond donors (Lipinski definition) is 2. The van der Waals surface area contributed by atoms with Gasteiger partial charge in [0.05, 0.1) is 12.0 Å². The molecule has 3 N–H and O–H groups in total. The van der Waals surface area contributed by atoms with E-state index < -0.39 is 33.4 Å². The molecule has 0 radical (unpaired) electrons. The monoisotopic (exact) mass is 748 g/mol. The third kappa shape index (κ3) is 7.87. The Balaban J connectivity index is 1.45. The number of benzene rings is 1. The lowest BCUT2D eigenvalue weighted by molar-refractivity contribution is -0.147. The molecule has 0 amide bonds. The molecule has 2 unspecified atom stereocenters. The van der Waals surface area contributed by atoms with Crippen LogP contribution >= 0.6 is 0 Å². The highest BCUT2D eigenvalue weighted by molar-refractivity contribution is 7.89. The van der Waals surface area contributed by atoms with E-state index in [-0.39, 0.29) is 30.5 Å². The molecule has 3 atom stereocenters. The van der Waals surface area contributed by atoms with Gasteiger partial charge in [0, 0.05) is 61.7 Å². The van der Waals surface area contributed by atoms with E-state index in [2.05, 4.69) is 16.6 Å². The average Bonchev–Trinajstić information content (AvgIpc) is 3.41. The molecule has 5 heterocycles. The van der Waals surface area contributed by atoms with Crippen molar-refractivity contribution >= 4 is 34.6 Å². The Hall–Kier alpha value is -4.24. The highest BCUT2D eigenvalue weighted by Gasteiger charge is 2.42. The second-order valence-corrected chi connectivity index (χ2v) is 16.8. The highest BCUT2D eigenvalue weighted by atomic mass is 32.2. The van der Waals surface area contributed by atoms with E-state index in [4.69, 9.17) is 24.9 Å². The number of carbonyl (C=O) groups is 1. The number of rotatable bonds is 10. The lowest BCUT2D eigenvalue weighted by Crippen LogP contribution is -2.34. The Kier molecular flexibility index (Phi) is 11.3. The molecule has 2 aromatic heterocycles. The number of pyridine rings is 1. The molecule has 286 valence electrons. The number of nitrogens with zero attached hydrogens (tertiary/aromatic N) is 5. The molecule has 3 aromatic rings. The minimum absolute atomic E-state index is 0.0211. The standard InChI is InChI=1S/C39H52N6O7S/c1-25-19-33-37(42-36(25)51-18-16-44-13-8-7-9-14-44)52-32-24-50-17-10-15-45(53(33,48)49)23-29-21-27(11-12-30(29)32)34(39(3,4)38(46)47)31-22-28(20-26(2)40)35(41-5)43(31)6/h11-12,19-22,32,34H,5,7-10,13-18,23-24,40H2,1-4,6H3,(H,46,47)/b26-20-/t32?,34-/m0/s1. The zero-order valence-corrected chi connectivity index (χ0v) is 32.2. The van der Waals surface area contributed by atoms with Gasteiger partial charge in [-0.15, -0.1) is 0 Å². The summed E-state index contributed by atoms with van der Waals surface area (Å²) in [7, 11) is -2.29. The summed E-state index contributed by atoms with van der Waals surface area (Å²) in [4.78, 5) is 24.2. The van der Waals surface area contributed by atoms with Gasteiger partial charge in [0.25, 0.3) is 0 Å². The van der Waals surface area contributed by atoms with Crippen LogP contribution in [0.2, 0.25) is 0 Å². The maximum absolute atomic E-state index is 14.6. The van der Waals surface area contributed by atoms with Gasteiger partial charge >= 0.3 is 5.97 Å². The zero-order chi connectivity index (χ0) is 38.1. The summed E-state index contributed by atoms with van der Waals surface area (Å²) < 4.78 is 51.2. The normalized spacial score (nSPS) is 21.3. The van der Waals surface area contributed by atoms with Crippen LogP contribution in [-0.2, 0) is 33.1 Å². The van der Waals surface area contributed by atoms with Crippen molar-refractivity contribution < 1.29 is 32.5 Å². The van der Waals surface area contributed by atoms with Gasteiger partial charge in [-0.1, -0.05) is 24.6 Å². The van der Waals surface area contributed by atoms with Crippen molar-refractivity contribution in [1.82, 2.24) is 18.8 Å². The van der Waals surface area contributed by atoms with Crippen LogP contribution in [0.5, 0.6) is 11.8 Å². The van der Waals surface area contributed by atoms with Crippen molar-refractivity contribution in [2.75, 3.05) is 46.0 Å². The summed E-state index contributed by atoms with van der Waals surface area (Å²) in [5.74, 6) is -0.815. The SMILES string of the molecule is C=Nc1c(/C=C(/C)N)cc([C@H](c2ccc3c(c2)CN2CCCOCC3Oc3nc(OCCN4CCCCC4)c(C)cc3S2(=O)=O)C(C)(C)C(=O)O)n1C. The Morgan fingerprint density at radius 1 is 1.19 bits per heavy atom. The van der Waals surface area contributed by atoms with Crippen LogP contribution in [0, 0.1) is 12.3 Å². The topological polar surface area (TPSA) is 162 Å². The van der Waals surface area contributed by atoms with Gasteiger partial charge < -0.3 is 29.6 Å². The first-order valence-corrected chi connectivity index (χ1v) is 19.7. The number of ether oxygens (including phenoxy) is 3. The van der Waals surface area contributed by atoms with Crippen LogP contribution in [0.4, 0.5) is 5.82 Å². The number of likely N-dealkylation sites (tertiary alicyclic amines) is 1. The lowest BCUT2D eigenvalue weighted by atomic mass is 9.72. The molecule has 3 aliphatic heterocycles. The number of sulfonamides is 1. The maximum Gasteiger partial charge on any atom is 0.310 e. The number of fused-ring (bicyclic) bond motifs is 2. The molecule has 0 spiro atoms. The number of aryl methyl sites for hydroxylation is 1. The number of allylic oxidation sites excluding steroid dienone is 1. The number of aliphatic carboxylic acids is 1. The number of aliphatic imine (C=N–C) groups is 1. The predicted molar refractivity (Wildman–Crippen MR) is 203 cm³/mol. The largest absolute Gasteiger partial charge is 0.481 e. The average molecular weight is 749 g/mol. The summed E-state index contributed by atoms with van der Waals surface area (Å²) >= 11 is 0. The molecule has 3 aliphatic rings. The zero-order valence-electron chi connectivity index (χ0n) is 31.4. The molecular weight excluding hydrogens is 697 g/mol. The molecule has 1 aromatic carbocycles. The smallest absolute Gasteiger partial charge is 0.310 e. The summed E-state index contributed by atoms with van der Waals surface area (Å²) in [6, 6.07) is 9.18. The van der Waals surface area contributed by atoms with E-state index >= 15 is 0 Å². The van der Waals surface area contributed by atoms with E-state index in [0.717, 1.165) is 25.2 Å². The number of carboxylic acid groups (broad SMARTS) is 1. The number of nitrogens with two attached hydrogens (primary N) is 1. The molecule has 0 saturated carbocycles. The Morgan fingerprint density at radius 2 is 1.94 bits per heavy atom. The van der Waals surface area contributed by atoms with Crippen LogP contribution in [0.3, 0.4) is 0 Å². The molecular formula is C39H52N6O7S. The first-order valence-electron chi connectivity index (χ1n) is 18.3. The molecule has 14 heteroatoms. The second-order valence-electron chi connectivity index (χ2n) is 14.9. The summed E-state index contributed by atoms with van der Waals surface area (Å²) in [5, 5.41) is 10.6. The fourth-order valence-corrected chi connectivity index (χ4v) is 9.29. The molecule has 13 nitrogen and oxygen atoms in total. The van der Waals surface area contributed by atoms with Crippen LogP contribution in [0.25, 0.3) is 6.08 Å². The van der Waals surface area contributed by atoms with Gasteiger partial charge in [-0.05, 0) is 102 Å². The number of hydrogen-bond acceptors (Lipinski definition) is 10. The Labute approximate surface area is 312 Å². The van der Waals surface area contributed by atoms with Crippen LogP contribution in [-0.4, -0.2) is 91.0 Å². The molecule has 6 rings (SSSR count). The fraction of sp³-hybridized carbons (Fsp3) is 0.513. The molecule has 0 aliphatic carbocycles. The maximum atomic E-state index is 14.6. The first-order chi connectivity index (χ1) is 25.2. The van der Waals surface area contributed by atoms with Gasteiger partial charge in [-0.25, -0.2) is 13.4 Å². The number of aromatic nitrogens is 2. The Morgan fingerprint density at radius 3 is 2.64 bits per heavy atom. The molecule has 2 bridgehead atoms. The summed E-state index contributed by atoms with van der Waals surface area (Å²) in [6.07, 6.45) is 5.16. The minimum atomic E-state index is -4.11. The van der Waals surface area contributed by atoms with Crippen LogP contribution in [0.15, 0.2) is 45.9 Å². The van der Waals surface area contributed by atoms with E-state index in [1.54, 1.807) is 39.8 Å². The molecule has 53 heavy (non-hydrogen) atoms. The quantitative estimate of drug-likeness (QED) is 0.252. The van der Waals surface area contributed by atoms with Crippen molar-refractivity contribution in [3.8, 4) is 11.8 Å². The number of piperidine rings is 1. The van der Waals surface area contributed by atoms with Crippen LogP contribution < -0.4 is 15.2 Å². The van der Waals surface area contributed by atoms with Crippen molar-refractivity contribution in [1.29, 1.82) is 0 Å². The van der Waals surface area contributed by atoms with Gasteiger partial charge in [0.1, 0.15) is 23.4 Å². The third-order valence-electron chi connectivity index (χ3n) is 10.6. The van der Waals surface area contributed by atoms with E-state index in [1.807, 2.05) is 35.9 Å². The summed E-state index contributed by atoms with van der Waals surface area (Å²) in [5.41, 5.74) is 9.42. The van der Waals surface area contributed by atoms with Crippen LogP contribution in [0.1, 0.15) is 92.0 Å². The van der Waals surface area contributed by atoms with Gasteiger partial charge in [-0.3, -0.25) is 9.69 Å². The van der Waals surface area contributed by atoms with Gasteiger partial charge in [-0.2, -0.15) is 9.29 Å². The van der Waals surface area contributed by atoms with Crippen molar-refractivity contribution in [3.63, 3.8) is 0 Å². The summed E-state index contributed by atoms with van der Waals surface area (Å²) in [6.45, 7) is 14.7. The molecule has 1 fully saturated rings. The second kappa shape index (κ2) is 15.6. The van der Waals surface area contributed by atoms with Crippen molar-refractivity contribution in [2.24, 2.45) is 23.2 Å².